The Morgan fingerprint density at radius 3 is 2.63 bits per heavy atom. The number of nitrogens with zero attached hydrogens (tertiary/aromatic N) is 3. The van der Waals surface area contributed by atoms with Crippen LogP contribution in [0, 0.1) is 0 Å². The third-order valence-corrected chi connectivity index (χ3v) is 4.58. The number of nitrogen functional groups attached to an aromatic ring is 1. The summed E-state index contributed by atoms with van der Waals surface area (Å²) in [5.41, 5.74) is 8.09. The van der Waals surface area contributed by atoms with Crippen molar-refractivity contribution < 1.29 is 14.7 Å². The third kappa shape index (κ3) is 4.79. The summed E-state index contributed by atoms with van der Waals surface area (Å²) >= 11 is 1.17. The fraction of sp³-hybridized carbons (Fsp3) is 0.111. The number of benzene rings is 1. The van der Waals surface area contributed by atoms with E-state index < -0.39 is 6.09 Å². The van der Waals surface area contributed by atoms with Gasteiger partial charge in [-0.1, -0.05) is 12.1 Å². The van der Waals surface area contributed by atoms with E-state index in [1.54, 1.807) is 54.2 Å². The van der Waals surface area contributed by atoms with Gasteiger partial charge in [-0.05, 0) is 29.8 Å². The maximum Gasteiger partial charge on any atom is 0.413 e. The highest BCUT2D eigenvalue weighted by Crippen LogP contribution is 2.23. The molecule has 0 aliphatic heterocycles. The lowest BCUT2D eigenvalue weighted by molar-refractivity contribution is -0.115. The van der Waals surface area contributed by atoms with Gasteiger partial charge in [0.2, 0.25) is 5.91 Å². The number of rotatable bonds is 6. The molecule has 0 saturated carbocycles. The molecule has 27 heavy (non-hydrogen) atoms. The van der Waals surface area contributed by atoms with Crippen molar-refractivity contribution in [3.63, 3.8) is 0 Å². The van der Waals surface area contributed by atoms with Gasteiger partial charge in [-0.25, -0.2) is 14.7 Å². The molecule has 2 aromatic heterocycles. The lowest BCUT2D eigenvalue weighted by Gasteiger charge is -2.15. The van der Waals surface area contributed by atoms with Crippen LogP contribution in [0.3, 0.4) is 0 Å². The molecular weight excluding hydrogens is 366 g/mol. The van der Waals surface area contributed by atoms with Gasteiger partial charge in [-0.2, -0.15) is 0 Å². The second-order valence-corrected chi connectivity index (χ2v) is 6.49. The summed E-state index contributed by atoms with van der Waals surface area (Å²) in [6, 6.07) is 10.4. The number of nitrogens with one attached hydrogen (secondary N) is 1. The van der Waals surface area contributed by atoms with Crippen molar-refractivity contribution in [2.24, 2.45) is 0 Å². The fourth-order valence-electron chi connectivity index (χ4n) is 2.36. The summed E-state index contributed by atoms with van der Waals surface area (Å²) in [6.45, 7) is 0.150. The maximum atomic E-state index is 12.2. The molecule has 3 rings (SSSR count). The second kappa shape index (κ2) is 8.28. The van der Waals surface area contributed by atoms with Crippen LogP contribution in [0.25, 0.3) is 0 Å². The Morgan fingerprint density at radius 2 is 1.93 bits per heavy atom. The van der Waals surface area contributed by atoms with Crippen LogP contribution in [0.2, 0.25) is 0 Å². The molecule has 4 N–H and O–H groups in total. The van der Waals surface area contributed by atoms with Gasteiger partial charge in [0, 0.05) is 17.8 Å². The van der Waals surface area contributed by atoms with Crippen LogP contribution in [0.5, 0.6) is 0 Å². The summed E-state index contributed by atoms with van der Waals surface area (Å²) in [7, 11) is 0. The maximum absolute atomic E-state index is 12.2. The van der Waals surface area contributed by atoms with Crippen LogP contribution < -0.4 is 16.0 Å². The predicted molar refractivity (Wildman–Crippen MR) is 104 cm³/mol. The van der Waals surface area contributed by atoms with Crippen molar-refractivity contribution in [2.45, 2.75) is 13.0 Å². The average Bonchev–Trinajstić information content (AvgIpc) is 3.10. The molecule has 2 amide bonds. The Labute approximate surface area is 159 Å². The number of hydrogen-bond donors (Lipinski definition) is 3. The van der Waals surface area contributed by atoms with Gasteiger partial charge in [0.15, 0.2) is 5.13 Å². The second-order valence-electron chi connectivity index (χ2n) is 5.66. The molecule has 8 nitrogen and oxygen atoms in total. The van der Waals surface area contributed by atoms with Crippen LogP contribution in [0.4, 0.5) is 21.3 Å². The van der Waals surface area contributed by atoms with E-state index in [-0.39, 0.29) is 18.9 Å². The monoisotopic (exact) mass is 383 g/mol. The highest BCUT2D eigenvalue weighted by Gasteiger charge is 2.19. The molecule has 0 aliphatic rings. The Hall–Kier alpha value is -3.46. The first-order chi connectivity index (χ1) is 13.0. The summed E-state index contributed by atoms with van der Waals surface area (Å²) in [6.07, 6.45) is 2.10. The third-order valence-electron chi connectivity index (χ3n) is 3.67. The van der Waals surface area contributed by atoms with E-state index in [9.17, 15) is 14.7 Å². The molecule has 9 heteroatoms. The Balaban J connectivity index is 1.68. The first-order valence-corrected chi connectivity index (χ1v) is 8.89. The smallest absolute Gasteiger partial charge is 0.413 e. The van der Waals surface area contributed by atoms with Crippen molar-refractivity contribution in [2.75, 3.05) is 16.0 Å². The zero-order valence-electron chi connectivity index (χ0n) is 14.2. The molecule has 2 heterocycles. The number of carbonyl (C=O) groups is 2. The van der Waals surface area contributed by atoms with Crippen molar-refractivity contribution in [1.29, 1.82) is 0 Å². The molecule has 0 atom stereocenters. The first-order valence-electron chi connectivity index (χ1n) is 8.01. The van der Waals surface area contributed by atoms with Crippen molar-refractivity contribution in [3.8, 4) is 0 Å². The molecule has 0 aliphatic carbocycles. The van der Waals surface area contributed by atoms with Gasteiger partial charge in [0.05, 0.1) is 30.0 Å². The molecule has 0 saturated heterocycles. The first kappa shape index (κ1) is 18.3. The number of pyridine rings is 1. The van der Waals surface area contributed by atoms with Crippen LogP contribution in [0.1, 0.15) is 11.3 Å². The number of anilines is 3. The van der Waals surface area contributed by atoms with Gasteiger partial charge in [0.1, 0.15) is 0 Å². The predicted octanol–water partition coefficient (Wildman–Crippen LogP) is 2.99. The molecule has 0 bridgehead atoms. The van der Waals surface area contributed by atoms with E-state index in [4.69, 9.17) is 5.73 Å². The minimum Gasteiger partial charge on any atom is -0.465 e. The molecule has 1 aromatic carbocycles. The van der Waals surface area contributed by atoms with Crippen LogP contribution in [-0.2, 0) is 17.8 Å². The fourth-order valence-corrected chi connectivity index (χ4v) is 3.18. The minimum atomic E-state index is -1.12. The van der Waals surface area contributed by atoms with Gasteiger partial charge < -0.3 is 16.2 Å². The van der Waals surface area contributed by atoms with E-state index in [2.05, 4.69) is 15.3 Å². The molecular formula is C18H17N5O3S. The van der Waals surface area contributed by atoms with Crippen LogP contribution >= 0.6 is 11.3 Å². The van der Waals surface area contributed by atoms with E-state index in [1.807, 2.05) is 0 Å². The Morgan fingerprint density at radius 1 is 1.19 bits per heavy atom. The van der Waals surface area contributed by atoms with Crippen LogP contribution in [0.15, 0.2) is 54.2 Å². The van der Waals surface area contributed by atoms with Crippen molar-refractivity contribution >= 4 is 39.8 Å². The van der Waals surface area contributed by atoms with Gasteiger partial charge >= 0.3 is 6.09 Å². The topological polar surface area (TPSA) is 121 Å². The summed E-state index contributed by atoms with van der Waals surface area (Å²) < 4.78 is 0. The molecule has 0 unspecified atom stereocenters. The summed E-state index contributed by atoms with van der Waals surface area (Å²) in [4.78, 5) is 33.1. The van der Waals surface area contributed by atoms with Crippen molar-refractivity contribution in [1.82, 2.24) is 9.97 Å². The Bertz CT molecular complexity index is 945. The zero-order valence-corrected chi connectivity index (χ0v) is 15.0. The van der Waals surface area contributed by atoms with E-state index >= 15 is 0 Å². The molecule has 138 valence electrons. The highest BCUT2D eigenvalue weighted by molar-refractivity contribution is 7.14. The van der Waals surface area contributed by atoms with E-state index in [0.717, 1.165) is 10.5 Å². The number of hydrogen-bond acceptors (Lipinski definition) is 6. The summed E-state index contributed by atoms with van der Waals surface area (Å²) in [5, 5.41) is 14.2. The number of thiazole rings is 1. The van der Waals surface area contributed by atoms with Gasteiger partial charge in [-0.15, -0.1) is 11.3 Å². The number of carbonyl (C=O) groups excluding carboxylic acids is 1. The number of nitrogens with two attached hydrogens (primary N) is 1. The van der Waals surface area contributed by atoms with E-state index in [0.29, 0.717) is 22.2 Å². The number of carboxylic acid groups (broad SMARTS) is 1. The largest absolute Gasteiger partial charge is 0.465 e. The molecule has 0 spiro atoms. The van der Waals surface area contributed by atoms with Gasteiger partial charge in [0.25, 0.3) is 0 Å². The molecule has 0 fully saturated rings. The normalized spacial score (nSPS) is 10.4. The van der Waals surface area contributed by atoms with Gasteiger partial charge in [-0.3, -0.25) is 9.78 Å². The van der Waals surface area contributed by atoms with Crippen LogP contribution in [-0.4, -0.2) is 27.1 Å². The van der Waals surface area contributed by atoms with E-state index in [1.165, 1.54) is 11.3 Å². The lowest BCUT2D eigenvalue weighted by atomic mass is 10.2. The Kier molecular flexibility index (Phi) is 5.62. The number of para-hydroxylation sites is 2. The highest BCUT2D eigenvalue weighted by atomic mass is 32.1. The number of aromatic nitrogens is 2. The molecule has 0 radical (unpaired) electrons. The zero-order chi connectivity index (χ0) is 19.2. The average molecular weight is 383 g/mol. The SMILES string of the molecule is Nc1ccccc1NC(=O)Cc1csc(N(Cc2ccncc2)C(=O)O)n1. The number of amides is 2. The standard InChI is InChI=1S/C18H17N5O3S/c19-14-3-1-2-4-15(14)22-16(24)9-13-11-27-17(21-13)23(18(25)26)10-12-5-7-20-8-6-12/h1-8,11H,9-10,19H2,(H,22,24)(H,25,26). The minimum absolute atomic E-state index is 0.0214. The lowest BCUT2D eigenvalue weighted by Crippen LogP contribution is -2.28. The summed E-state index contributed by atoms with van der Waals surface area (Å²) in [5.74, 6) is -0.277. The van der Waals surface area contributed by atoms with Crippen molar-refractivity contribution in [3.05, 3.63) is 65.4 Å². The molecule has 3 aromatic rings. The quantitative estimate of drug-likeness (QED) is 0.563.